The molecule has 1 aromatic rings. The molecule has 1 aliphatic heterocycles. The number of piperidine rings is 1. The molecular weight excluding hydrogens is 398 g/mol. The van der Waals surface area contributed by atoms with E-state index in [1.165, 1.54) is 32.4 Å². The lowest BCUT2D eigenvalue weighted by atomic mass is 10.0. The summed E-state index contributed by atoms with van der Waals surface area (Å²) in [6.45, 7) is 6.41. The molecule has 9 nitrogen and oxygen atoms in total. The Hall–Kier alpha value is -2.17. The Morgan fingerprint density at radius 3 is 2.38 bits per heavy atom. The Morgan fingerprint density at radius 1 is 1.21 bits per heavy atom. The SMILES string of the molecule is CON(C)S(=O)(=O)c1cccc(C(=O)NC2CCN(C(=O)OC(C)(C)C)CC2)c1. The lowest BCUT2D eigenvalue weighted by Gasteiger charge is -2.33. The van der Waals surface area contributed by atoms with E-state index in [1.807, 2.05) is 20.8 Å². The van der Waals surface area contributed by atoms with Gasteiger partial charge in [0.1, 0.15) is 5.60 Å². The normalized spacial score (nSPS) is 16.0. The van der Waals surface area contributed by atoms with Crippen LogP contribution in [-0.2, 0) is 19.6 Å². The van der Waals surface area contributed by atoms with Crippen molar-refractivity contribution in [2.24, 2.45) is 0 Å². The molecule has 1 fully saturated rings. The summed E-state index contributed by atoms with van der Waals surface area (Å²) in [5.41, 5.74) is -0.310. The Labute approximate surface area is 172 Å². The molecule has 2 amide bonds. The largest absolute Gasteiger partial charge is 0.444 e. The predicted octanol–water partition coefficient (Wildman–Crippen LogP) is 2.00. The molecule has 0 aromatic heterocycles. The molecule has 0 unspecified atom stereocenters. The lowest BCUT2D eigenvalue weighted by molar-refractivity contribution is -0.0258. The maximum atomic E-state index is 12.6. The van der Waals surface area contributed by atoms with E-state index >= 15 is 0 Å². The smallest absolute Gasteiger partial charge is 0.410 e. The third-order valence-electron chi connectivity index (χ3n) is 4.47. The molecule has 1 saturated heterocycles. The van der Waals surface area contributed by atoms with Gasteiger partial charge in [0.15, 0.2) is 0 Å². The summed E-state index contributed by atoms with van der Waals surface area (Å²) in [6, 6.07) is 5.67. The number of hydroxylamine groups is 1. The summed E-state index contributed by atoms with van der Waals surface area (Å²) in [5.74, 6) is -0.363. The Kier molecular flexibility index (Phi) is 7.25. The molecule has 1 aliphatic rings. The van der Waals surface area contributed by atoms with E-state index in [0.717, 1.165) is 4.47 Å². The van der Waals surface area contributed by atoms with E-state index in [0.29, 0.717) is 25.9 Å². The van der Waals surface area contributed by atoms with Crippen molar-refractivity contribution < 1.29 is 27.6 Å². The van der Waals surface area contributed by atoms with E-state index in [1.54, 1.807) is 11.0 Å². The van der Waals surface area contributed by atoms with Crippen LogP contribution < -0.4 is 5.32 Å². The topological polar surface area (TPSA) is 105 Å². The number of nitrogens with zero attached hydrogens (tertiary/aromatic N) is 2. The van der Waals surface area contributed by atoms with E-state index < -0.39 is 15.6 Å². The summed E-state index contributed by atoms with van der Waals surface area (Å²) in [6.07, 6.45) is 0.826. The van der Waals surface area contributed by atoms with Crippen LogP contribution in [0.2, 0.25) is 0 Å². The molecule has 0 atom stereocenters. The van der Waals surface area contributed by atoms with Gasteiger partial charge in [-0.15, -0.1) is 0 Å². The molecule has 1 aromatic carbocycles. The maximum absolute atomic E-state index is 12.6. The monoisotopic (exact) mass is 427 g/mol. The van der Waals surface area contributed by atoms with Crippen molar-refractivity contribution in [1.82, 2.24) is 14.7 Å². The van der Waals surface area contributed by atoms with Gasteiger partial charge in [-0.05, 0) is 51.8 Å². The fraction of sp³-hybridized carbons (Fsp3) is 0.579. The van der Waals surface area contributed by atoms with Crippen molar-refractivity contribution in [2.75, 3.05) is 27.2 Å². The average Bonchev–Trinajstić information content (AvgIpc) is 2.66. The molecule has 0 radical (unpaired) electrons. The highest BCUT2D eigenvalue weighted by Gasteiger charge is 2.28. The zero-order valence-corrected chi connectivity index (χ0v) is 18.3. The summed E-state index contributed by atoms with van der Waals surface area (Å²) in [5, 5.41) is 2.91. The number of likely N-dealkylation sites (tertiary alicyclic amines) is 1. The number of hydrogen-bond donors (Lipinski definition) is 1. The molecule has 10 heteroatoms. The zero-order valence-electron chi connectivity index (χ0n) is 17.5. The predicted molar refractivity (Wildman–Crippen MR) is 107 cm³/mol. The van der Waals surface area contributed by atoms with Gasteiger partial charge in [0.25, 0.3) is 15.9 Å². The van der Waals surface area contributed by atoms with Gasteiger partial charge in [-0.3, -0.25) is 9.63 Å². The number of sulfonamides is 1. The third-order valence-corrected chi connectivity index (χ3v) is 6.15. The molecule has 1 heterocycles. The number of amides is 2. The van der Waals surface area contributed by atoms with Gasteiger partial charge in [-0.25, -0.2) is 13.2 Å². The zero-order chi connectivity index (χ0) is 21.8. The molecule has 1 N–H and O–H groups in total. The fourth-order valence-electron chi connectivity index (χ4n) is 2.85. The Morgan fingerprint density at radius 2 is 1.83 bits per heavy atom. The van der Waals surface area contributed by atoms with Gasteiger partial charge in [-0.2, -0.15) is 0 Å². The number of benzene rings is 1. The maximum Gasteiger partial charge on any atom is 0.410 e. The second-order valence-electron chi connectivity index (χ2n) is 7.84. The van der Waals surface area contributed by atoms with Crippen molar-refractivity contribution >= 4 is 22.0 Å². The number of carbonyl (C=O) groups is 2. The first kappa shape index (κ1) is 23.1. The molecule has 0 saturated carbocycles. The van der Waals surface area contributed by atoms with E-state index in [-0.39, 0.29) is 28.5 Å². The first-order chi connectivity index (χ1) is 13.4. The minimum absolute atomic E-state index is 0.0331. The first-order valence-corrected chi connectivity index (χ1v) is 10.8. The molecule has 0 bridgehead atoms. The molecular formula is C19H29N3O6S. The van der Waals surface area contributed by atoms with Crippen LogP contribution in [0.3, 0.4) is 0 Å². The van der Waals surface area contributed by atoms with Crippen LogP contribution in [0.5, 0.6) is 0 Å². The van der Waals surface area contributed by atoms with Gasteiger partial charge in [-0.1, -0.05) is 10.5 Å². The quantitative estimate of drug-likeness (QED) is 0.721. The molecule has 29 heavy (non-hydrogen) atoms. The number of nitrogens with one attached hydrogen (secondary N) is 1. The van der Waals surface area contributed by atoms with E-state index in [4.69, 9.17) is 9.57 Å². The third kappa shape index (κ3) is 6.15. The summed E-state index contributed by atoms with van der Waals surface area (Å²) in [7, 11) is -1.31. The lowest BCUT2D eigenvalue weighted by Crippen LogP contribution is -2.47. The standard InChI is InChI=1S/C19H29N3O6S/c1-19(2,3)28-18(24)22-11-9-15(10-12-22)20-17(23)14-7-6-8-16(13-14)29(25,26)21(4)27-5/h6-8,13,15H,9-12H2,1-5H3,(H,20,23). The van der Waals surface area contributed by atoms with Crippen molar-refractivity contribution in [3.63, 3.8) is 0 Å². The second kappa shape index (κ2) is 9.10. The van der Waals surface area contributed by atoms with Crippen molar-refractivity contribution in [1.29, 1.82) is 0 Å². The van der Waals surface area contributed by atoms with Crippen LogP contribution in [0.1, 0.15) is 44.0 Å². The highest BCUT2D eigenvalue weighted by molar-refractivity contribution is 7.89. The highest BCUT2D eigenvalue weighted by Crippen LogP contribution is 2.18. The van der Waals surface area contributed by atoms with Crippen LogP contribution in [-0.4, -0.2) is 68.7 Å². The minimum atomic E-state index is -3.84. The van der Waals surface area contributed by atoms with E-state index in [2.05, 4.69) is 5.32 Å². The average molecular weight is 428 g/mol. The van der Waals surface area contributed by atoms with Gasteiger partial charge >= 0.3 is 6.09 Å². The first-order valence-electron chi connectivity index (χ1n) is 9.36. The van der Waals surface area contributed by atoms with Gasteiger partial charge in [0.2, 0.25) is 0 Å². The Bertz CT molecular complexity index is 842. The van der Waals surface area contributed by atoms with Gasteiger partial charge < -0.3 is 15.0 Å². The van der Waals surface area contributed by atoms with Crippen molar-refractivity contribution in [3.8, 4) is 0 Å². The van der Waals surface area contributed by atoms with Gasteiger partial charge in [0, 0.05) is 31.7 Å². The molecule has 2 rings (SSSR count). The summed E-state index contributed by atoms with van der Waals surface area (Å²) < 4.78 is 30.8. The minimum Gasteiger partial charge on any atom is -0.444 e. The fourth-order valence-corrected chi connectivity index (χ4v) is 3.87. The molecule has 162 valence electrons. The van der Waals surface area contributed by atoms with Gasteiger partial charge in [0.05, 0.1) is 12.0 Å². The van der Waals surface area contributed by atoms with Crippen LogP contribution in [0, 0.1) is 0 Å². The number of hydrogen-bond acceptors (Lipinski definition) is 6. The van der Waals surface area contributed by atoms with Crippen LogP contribution >= 0.6 is 0 Å². The number of ether oxygens (including phenoxy) is 1. The van der Waals surface area contributed by atoms with Crippen LogP contribution in [0.15, 0.2) is 29.2 Å². The summed E-state index contributed by atoms with van der Waals surface area (Å²) >= 11 is 0. The summed E-state index contributed by atoms with van der Waals surface area (Å²) in [4.78, 5) is 31.0. The number of carbonyl (C=O) groups excluding carboxylic acids is 2. The highest BCUT2D eigenvalue weighted by atomic mass is 32.2. The molecule has 0 spiro atoms. The van der Waals surface area contributed by atoms with Crippen LogP contribution in [0.4, 0.5) is 4.79 Å². The van der Waals surface area contributed by atoms with Crippen LogP contribution in [0.25, 0.3) is 0 Å². The number of rotatable bonds is 5. The van der Waals surface area contributed by atoms with Crippen molar-refractivity contribution in [2.45, 2.75) is 50.2 Å². The van der Waals surface area contributed by atoms with Crippen molar-refractivity contribution in [3.05, 3.63) is 29.8 Å². The second-order valence-corrected chi connectivity index (χ2v) is 9.78. The molecule has 0 aliphatic carbocycles. The van der Waals surface area contributed by atoms with E-state index in [9.17, 15) is 18.0 Å². The Balaban J connectivity index is 1.97.